The van der Waals surface area contributed by atoms with Crippen molar-refractivity contribution in [2.45, 2.75) is 0 Å². The number of halogens is 4. The maximum absolute atomic E-state index is 5.60. The highest BCUT2D eigenvalue weighted by molar-refractivity contribution is 9.11. The highest BCUT2D eigenvalue weighted by Gasteiger charge is 2.20. The number of hydrogen-bond donors (Lipinski definition) is 2. The van der Waals surface area contributed by atoms with Crippen LogP contribution in [0.25, 0.3) is 135 Å². The van der Waals surface area contributed by atoms with Gasteiger partial charge in [-0.1, -0.05) is 209 Å². The Kier molecular flexibility index (Phi) is 12.9. The minimum atomic E-state index is 0.856. The SMILES string of the molecule is Brc1ccc(-c2ccc(-c3c4nc(c(-c5ccc(-c6ccc(Br)cc6)cc5)c5ccc([nH]5)c(-c5ccc(-c6ccc(Br)cc6)cc5)c5nc(c(-c6ccc(-c7ccc(Br)cc7)cc6)c6ccc3[nH]6)C=C5)C=C4)cc2)cc1. The molecule has 362 valence electrons. The van der Waals surface area contributed by atoms with Crippen molar-refractivity contribution in [1.82, 2.24) is 19.9 Å². The number of rotatable bonds is 8. The first-order chi connectivity index (χ1) is 37.2. The van der Waals surface area contributed by atoms with Gasteiger partial charge in [-0.3, -0.25) is 0 Å². The van der Waals surface area contributed by atoms with E-state index in [2.05, 4.69) is 316 Å². The summed E-state index contributed by atoms with van der Waals surface area (Å²) in [6.07, 6.45) is 8.64. The number of nitrogens with zero attached hydrogens (tertiary/aromatic N) is 2. The molecule has 0 atom stereocenters. The molecule has 0 radical (unpaired) electrons. The summed E-state index contributed by atoms with van der Waals surface area (Å²) in [6.45, 7) is 0. The molecule has 0 saturated heterocycles. The molecule has 0 saturated carbocycles. The van der Waals surface area contributed by atoms with E-state index < -0.39 is 0 Å². The second-order valence-corrected chi connectivity index (χ2v) is 22.5. The van der Waals surface area contributed by atoms with E-state index in [1.165, 1.54) is 0 Å². The van der Waals surface area contributed by atoms with Crippen LogP contribution in [0.1, 0.15) is 22.8 Å². The van der Waals surface area contributed by atoms with E-state index >= 15 is 0 Å². The molecule has 3 aromatic heterocycles. The smallest absolute Gasteiger partial charge is 0.0737 e. The van der Waals surface area contributed by atoms with Gasteiger partial charge in [0, 0.05) is 62.2 Å². The van der Waals surface area contributed by atoms with Crippen LogP contribution in [0, 0.1) is 0 Å². The number of hydrogen-bond acceptors (Lipinski definition) is 2. The van der Waals surface area contributed by atoms with Crippen LogP contribution in [0.3, 0.4) is 0 Å². The van der Waals surface area contributed by atoms with Gasteiger partial charge >= 0.3 is 0 Å². The van der Waals surface area contributed by atoms with E-state index in [0.29, 0.717) is 0 Å². The normalized spacial score (nSPS) is 11.8. The van der Waals surface area contributed by atoms with E-state index in [4.69, 9.17) is 9.97 Å². The summed E-state index contributed by atoms with van der Waals surface area (Å²) >= 11 is 14.4. The molecule has 2 aliphatic heterocycles. The molecule has 5 heterocycles. The topological polar surface area (TPSA) is 57.4 Å². The van der Waals surface area contributed by atoms with Crippen molar-refractivity contribution >= 4 is 110 Å². The third kappa shape index (κ3) is 9.52. The molecule has 2 N–H and O–H groups in total. The summed E-state index contributed by atoms with van der Waals surface area (Å²) in [5.41, 5.74) is 24.5. The first-order valence-electron chi connectivity index (χ1n) is 24.9. The van der Waals surface area contributed by atoms with E-state index in [1.807, 2.05) is 0 Å². The summed E-state index contributed by atoms with van der Waals surface area (Å²) in [4.78, 5) is 19.1. The lowest BCUT2D eigenvalue weighted by atomic mass is 9.99. The van der Waals surface area contributed by atoms with Crippen molar-refractivity contribution in [3.63, 3.8) is 0 Å². The van der Waals surface area contributed by atoms with Gasteiger partial charge in [-0.05, 0) is 164 Å². The van der Waals surface area contributed by atoms with Gasteiger partial charge in [-0.2, -0.15) is 0 Å². The van der Waals surface area contributed by atoms with Crippen molar-refractivity contribution in [3.8, 4) is 89.0 Å². The molecule has 8 bridgehead atoms. The lowest BCUT2D eigenvalue weighted by molar-refractivity contribution is 1.31. The van der Waals surface area contributed by atoms with Gasteiger partial charge in [-0.15, -0.1) is 0 Å². The average Bonchev–Trinajstić information content (AvgIpc) is 4.33. The lowest BCUT2D eigenvalue weighted by Crippen LogP contribution is -1.90. The number of aromatic amines is 2. The fourth-order valence-corrected chi connectivity index (χ4v) is 11.4. The Hall–Kier alpha value is -7.72. The Balaban J connectivity index is 1.08. The van der Waals surface area contributed by atoms with Crippen LogP contribution >= 0.6 is 63.7 Å². The zero-order valence-electron chi connectivity index (χ0n) is 40.5. The highest BCUT2D eigenvalue weighted by atomic mass is 79.9. The predicted molar refractivity (Wildman–Crippen MR) is 333 cm³/mol. The van der Waals surface area contributed by atoms with Crippen LogP contribution < -0.4 is 0 Å². The summed E-state index contributed by atoms with van der Waals surface area (Å²) < 4.78 is 4.20. The first kappa shape index (κ1) is 48.0. The van der Waals surface area contributed by atoms with E-state index in [-0.39, 0.29) is 0 Å². The first-order valence-corrected chi connectivity index (χ1v) is 28.0. The molecule has 76 heavy (non-hydrogen) atoms. The van der Waals surface area contributed by atoms with Gasteiger partial charge in [0.1, 0.15) is 0 Å². The molecule has 0 unspecified atom stereocenters. The highest BCUT2D eigenvalue weighted by Crippen LogP contribution is 2.40. The largest absolute Gasteiger partial charge is 0.354 e. The zero-order chi connectivity index (χ0) is 51.3. The van der Waals surface area contributed by atoms with Gasteiger partial charge < -0.3 is 9.97 Å². The van der Waals surface area contributed by atoms with Gasteiger partial charge in [0.15, 0.2) is 0 Å². The monoisotopic (exact) mass is 1230 g/mol. The Bertz CT molecular complexity index is 3690. The Morgan fingerprint density at radius 1 is 0.197 bits per heavy atom. The minimum absolute atomic E-state index is 0.856. The van der Waals surface area contributed by atoms with Gasteiger partial charge in [0.2, 0.25) is 0 Å². The summed E-state index contributed by atoms with van der Waals surface area (Å²) in [5.74, 6) is 0. The number of aromatic nitrogens is 4. The van der Waals surface area contributed by atoms with Crippen molar-refractivity contribution in [3.05, 3.63) is 259 Å². The number of H-pyrrole nitrogens is 2. The van der Waals surface area contributed by atoms with Crippen molar-refractivity contribution in [2.75, 3.05) is 0 Å². The molecule has 0 fully saturated rings. The second kappa shape index (κ2) is 20.4. The summed E-state index contributed by atoms with van der Waals surface area (Å²) in [6, 6.07) is 77.8. The van der Waals surface area contributed by atoms with Crippen molar-refractivity contribution in [2.24, 2.45) is 0 Å². The third-order valence-corrected chi connectivity index (χ3v) is 16.3. The molecular formula is C68H42Br4N4. The van der Waals surface area contributed by atoms with Crippen molar-refractivity contribution < 1.29 is 0 Å². The number of nitrogens with one attached hydrogen (secondary N) is 2. The third-order valence-electron chi connectivity index (χ3n) is 14.2. The quantitative estimate of drug-likeness (QED) is 0.159. The standard InChI is InChI=1S/C68H42Br4N4/c69-53-25-17-45(18-26-53)41-1-9-49(10-2-41)65-57-33-35-59(73-57)66(50-11-3-42(4-12-50)46-19-27-54(70)28-20-46)61-37-39-63(75-61)68(52-15-7-44(8-16-52)48-23-31-56(72)32-24-48)64-40-38-62(76-64)67(60-36-34-58(65)74-60)51-13-5-43(6-14-51)47-21-29-55(71)30-22-47/h1-40,73,76H. The predicted octanol–water partition coefficient (Wildman–Crippen LogP) is 21.0. The van der Waals surface area contributed by atoms with E-state index in [0.717, 1.165) is 152 Å². The summed E-state index contributed by atoms with van der Waals surface area (Å²) in [7, 11) is 0. The van der Waals surface area contributed by atoms with Crippen LogP contribution in [-0.4, -0.2) is 19.9 Å². The van der Waals surface area contributed by atoms with Crippen LogP contribution in [0.15, 0.2) is 236 Å². The zero-order valence-corrected chi connectivity index (χ0v) is 46.8. The maximum atomic E-state index is 5.60. The van der Waals surface area contributed by atoms with E-state index in [9.17, 15) is 0 Å². The van der Waals surface area contributed by atoms with Crippen LogP contribution in [0.4, 0.5) is 0 Å². The fraction of sp³-hybridized carbons (Fsp3) is 0. The van der Waals surface area contributed by atoms with Crippen LogP contribution in [-0.2, 0) is 0 Å². The minimum Gasteiger partial charge on any atom is -0.354 e. The average molecular weight is 1230 g/mol. The van der Waals surface area contributed by atoms with Gasteiger partial charge in [-0.25, -0.2) is 9.97 Å². The molecule has 0 spiro atoms. The van der Waals surface area contributed by atoms with E-state index in [1.54, 1.807) is 0 Å². The van der Waals surface area contributed by atoms with Crippen molar-refractivity contribution in [1.29, 1.82) is 0 Å². The maximum Gasteiger partial charge on any atom is 0.0737 e. The molecule has 2 aliphatic rings. The molecule has 0 aliphatic carbocycles. The molecule has 13 rings (SSSR count). The Labute approximate surface area is 474 Å². The van der Waals surface area contributed by atoms with Crippen LogP contribution in [0.5, 0.6) is 0 Å². The fourth-order valence-electron chi connectivity index (χ4n) is 10.3. The molecule has 0 amide bonds. The molecular weight excluding hydrogens is 1190 g/mol. The molecule has 11 aromatic rings. The van der Waals surface area contributed by atoms with Gasteiger partial charge in [0.05, 0.1) is 22.8 Å². The van der Waals surface area contributed by atoms with Crippen LogP contribution in [0.2, 0.25) is 0 Å². The molecule has 4 nitrogen and oxygen atoms in total. The summed E-state index contributed by atoms with van der Waals surface area (Å²) in [5, 5.41) is 0. The van der Waals surface area contributed by atoms with Gasteiger partial charge in [0.25, 0.3) is 0 Å². The number of benzene rings is 8. The Morgan fingerprint density at radius 2 is 0.355 bits per heavy atom. The second-order valence-electron chi connectivity index (χ2n) is 18.8. The molecule has 8 heteroatoms. The Morgan fingerprint density at radius 3 is 0.539 bits per heavy atom. The molecule has 8 aromatic carbocycles. The number of fused-ring (bicyclic) bond motifs is 8. The lowest BCUT2D eigenvalue weighted by Gasteiger charge is -2.09.